The summed E-state index contributed by atoms with van der Waals surface area (Å²) in [6.07, 6.45) is 2.34. The van der Waals surface area contributed by atoms with Crippen LogP contribution in [0.25, 0.3) is 0 Å². The monoisotopic (exact) mass is 387 g/mol. The standard InChI is InChI=1S/C17H14BrN3OS/c18-12-4-1-3-11(7-12)14-8-16(22)20-17-15(14)9-19-21(17)10-13-5-2-6-23-13/h1-7,9,14H,8,10H2,(H,20,22)/t14-/m1/s1. The summed E-state index contributed by atoms with van der Waals surface area (Å²) in [5.74, 6) is 0.906. The molecule has 1 aromatic carbocycles. The van der Waals surface area contributed by atoms with Gasteiger partial charge in [0, 0.05) is 27.3 Å². The van der Waals surface area contributed by atoms with E-state index in [4.69, 9.17) is 0 Å². The van der Waals surface area contributed by atoms with Crippen LogP contribution in [0.4, 0.5) is 5.82 Å². The number of rotatable bonds is 3. The van der Waals surface area contributed by atoms with Crippen molar-refractivity contribution < 1.29 is 4.79 Å². The van der Waals surface area contributed by atoms with Crippen molar-refractivity contribution in [2.75, 3.05) is 5.32 Å². The Bertz CT molecular complexity index is 857. The van der Waals surface area contributed by atoms with Gasteiger partial charge in [0.05, 0.1) is 12.7 Å². The van der Waals surface area contributed by atoms with E-state index in [0.29, 0.717) is 13.0 Å². The van der Waals surface area contributed by atoms with Gasteiger partial charge in [0.25, 0.3) is 0 Å². The van der Waals surface area contributed by atoms with E-state index in [9.17, 15) is 4.79 Å². The number of carbonyl (C=O) groups is 1. The maximum atomic E-state index is 12.2. The molecule has 1 aliphatic rings. The van der Waals surface area contributed by atoms with Crippen molar-refractivity contribution in [3.63, 3.8) is 0 Å². The summed E-state index contributed by atoms with van der Waals surface area (Å²) in [7, 11) is 0. The lowest BCUT2D eigenvalue weighted by Gasteiger charge is -2.23. The van der Waals surface area contributed by atoms with Gasteiger partial charge in [0.15, 0.2) is 0 Å². The van der Waals surface area contributed by atoms with Gasteiger partial charge in [-0.3, -0.25) is 4.79 Å². The Labute approximate surface area is 146 Å². The van der Waals surface area contributed by atoms with Crippen LogP contribution in [-0.2, 0) is 11.3 Å². The van der Waals surface area contributed by atoms with Crippen LogP contribution < -0.4 is 5.32 Å². The van der Waals surface area contributed by atoms with Gasteiger partial charge in [-0.05, 0) is 29.1 Å². The Hall–Kier alpha value is -1.92. The van der Waals surface area contributed by atoms with Crippen LogP contribution in [0, 0.1) is 0 Å². The Morgan fingerprint density at radius 3 is 3.04 bits per heavy atom. The number of halogens is 1. The smallest absolute Gasteiger partial charge is 0.226 e. The van der Waals surface area contributed by atoms with Gasteiger partial charge in [-0.2, -0.15) is 5.10 Å². The molecular formula is C17H14BrN3OS. The fourth-order valence-corrected chi connectivity index (χ4v) is 4.06. The molecule has 116 valence electrons. The van der Waals surface area contributed by atoms with Crippen molar-refractivity contribution in [2.24, 2.45) is 0 Å². The molecule has 0 saturated carbocycles. The van der Waals surface area contributed by atoms with Crippen LogP contribution >= 0.6 is 27.3 Å². The molecule has 0 unspecified atom stereocenters. The van der Waals surface area contributed by atoms with E-state index in [2.05, 4.69) is 44.5 Å². The maximum absolute atomic E-state index is 12.2. The average Bonchev–Trinajstić information content (AvgIpc) is 3.18. The second-order valence-corrected chi connectivity index (χ2v) is 7.49. The minimum Gasteiger partial charge on any atom is -0.311 e. The first-order chi connectivity index (χ1) is 11.2. The zero-order valence-electron chi connectivity index (χ0n) is 12.2. The van der Waals surface area contributed by atoms with Crippen molar-refractivity contribution in [3.05, 3.63) is 68.5 Å². The Balaban J connectivity index is 1.73. The summed E-state index contributed by atoms with van der Waals surface area (Å²) in [5.41, 5.74) is 2.21. The fraction of sp³-hybridized carbons (Fsp3) is 0.176. The number of nitrogens with one attached hydrogen (secondary N) is 1. The normalized spacial score (nSPS) is 16.9. The average molecular weight is 388 g/mol. The highest BCUT2D eigenvalue weighted by atomic mass is 79.9. The molecule has 1 aliphatic heterocycles. The van der Waals surface area contributed by atoms with Gasteiger partial charge in [-0.25, -0.2) is 4.68 Å². The highest BCUT2D eigenvalue weighted by Gasteiger charge is 2.30. The molecule has 3 heterocycles. The van der Waals surface area contributed by atoms with Gasteiger partial charge in [0.1, 0.15) is 5.82 Å². The minimum absolute atomic E-state index is 0.0374. The zero-order valence-corrected chi connectivity index (χ0v) is 14.6. The summed E-state index contributed by atoms with van der Waals surface area (Å²) < 4.78 is 2.90. The molecule has 6 heteroatoms. The highest BCUT2D eigenvalue weighted by molar-refractivity contribution is 9.10. The molecule has 4 rings (SSSR count). The van der Waals surface area contributed by atoms with Crippen LogP contribution in [0.2, 0.25) is 0 Å². The second-order valence-electron chi connectivity index (χ2n) is 5.55. The number of nitrogens with zero attached hydrogens (tertiary/aromatic N) is 2. The molecule has 2 aromatic heterocycles. The van der Waals surface area contributed by atoms with Crippen LogP contribution in [-0.4, -0.2) is 15.7 Å². The van der Waals surface area contributed by atoms with Gasteiger partial charge >= 0.3 is 0 Å². The number of anilines is 1. The molecule has 0 aliphatic carbocycles. The third-order valence-electron chi connectivity index (χ3n) is 4.03. The first-order valence-electron chi connectivity index (χ1n) is 7.34. The van der Waals surface area contributed by atoms with Crippen molar-refractivity contribution in [2.45, 2.75) is 18.9 Å². The predicted octanol–water partition coefficient (Wildman–Crippen LogP) is 4.23. The van der Waals surface area contributed by atoms with Crippen LogP contribution in [0.15, 0.2) is 52.4 Å². The maximum Gasteiger partial charge on any atom is 0.226 e. The summed E-state index contributed by atoms with van der Waals surface area (Å²) >= 11 is 5.20. The van der Waals surface area contributed by atoms with E-state index in [1.807, 2.05) is 34.5 Å². The molecule has 4 nitrogen and oxygen atoms in total. The molecule has 0 spiro atoms. The Morgan fingerprint density at radius 2 is 2.26 bits per heavy atom. The van der Waals surface area contributed by atoms with E-state index in [1.54, 1.807) is 11.3 Å². The van der Waals surface area contributed by atoms with E-state index in [0.717, 1.165) is 21.4 Å². The second kappa shape index (κ2) is 5.94. The number of thiophene rings is 1. The molecule has 0 bridgehead atoms. The predicted molar refractivity (Wildman–Crippen MR) is 94.9 cm³/mol. The zero-order chi connectivity index (χ0) is 15.8. The lowest BCUT2D eigenvalue weighted by Crippen LogP contribution is -2.25. The molecule has 23 heavy (non-hydrogen) atoms. The molecule has 1 amide bonds. The van der Waals surface area contributed by atoms with Gasteiger partial charge < -0.3 is 5.32 Å². The summed E-state index contributed by atoms with van der Waals surface area (Å²) in [4.78, 5) is 13.4. The largest absolute Gasteiger partial charge is 0.311 e. The summed E-state index contributed by atoms with van der Waals surface area (Å²) in [5, 5.41) is 9.54. The first kappa shape index (κ1) is 14.7. The van der Waals surface area contributed by atoms with E-state index in [-0.39, 0.29) is 11.8 Å². The van der Waals surface area contributed by atoms with Crippen molar-refractivity contribution in [1.29, 1.82) is 0 Å². The highest BCUT2D eigenvalue weighted by Crippen LogP contribution is 2.38. The number of carbonyl (C=O) groups excluding carboxylic acids is 1. The van der Waals surface area contributed by atoms with Gasteiger partial charge in [-0.1, -0.05) is 34.1 Å². The molecule has 0 radical (unpaired) electrons. The molecule has 0 fully saturated rings. The molecule has 3 aromatic rings. The van der Waals surface area contributed by atoms with Crippen LogP contribution in [0.3, 0.4) is 0 Å². The third-order valence-corrected chi connectivity index (χ3v) is 5.38. The molecule has 1 N–H and O–H groups in total. The third kappa shape index (κ3) is 2.84. The SMILES string of the molecule is O=C1C[C@H](c2cccc(Br)c2)c2cnn(Cc3cccs3)c2N1. The number of amides is 1. The number of hydrogen-bond donors (Lipinski definition) is 1. The van der Waals surface area contributed by atoms with Gasteiger partial charge in [-0.15, -0.1) is 11.3 Å². The lowest BCUT2D eigenvalue weighted by atomic mass is 9.87. The molecular weight excluding hydrogens is 374 g/mol. The number of benzene rings is 1. The van der Waals surface area contributed by atoms with Crippen molar-refractivity contribution in [1.82, 2.24) is 9.78 Å². The van der Waals surface area contributed by atoms with Crippen LogP contribution in [0.5, 0.6) is 0 Å². The van der Waals surface area contributed by atoms with Gasteiger partial charge in [0.2, 0.25) is 5.91 Å². The number of hydrogen-bond acceptors (Lipinski definition) is 3. The first-order valence-corrected chi connectivity index (χ1v) is 9.01. The Kier molecular flexibility index (Phi) is 3.79. The van der Waals surface area contributed by atoms with E-state index >= 15 is 0 Å². The number of fused-ring (bicyclic) bond motifs is 1. The van der Waals surface area contributed by atoms with Crippen molar-refractivity contribution in [3.8, 4) is 0 Å². The summed E-state index contributed by atoms with van der Waals surface area (Å²) in [6.45, 7) is 0.679. The summed E-state index contributed by atoms with van der Waals surface area (Å²) in [6, 6.07) is 12.2. The molecule has 1 atom stereocenters. The quantitative estimate of drug-likeness (QED) is 0.730. The topological polar surface area (TPSA) is 46.9 Å². The molecule has 0 saturated heterocycles. The number of aromatic nitrogens is 2. The van der Waals surface area contributed by atoms with Crippen LogP contribution in [0.1, 0.15) is 28.3 Å². The fourth-order valence-electron chi connectivity index (χ4n) is 2.96. The Morgan fingerprint density at radius 1 is 1.35 bits per heavy atom. The van der Waals surface area contributed by atoms with E-state index in [1.165, 1.54) is 4.88 Å². The van der Waals surface area contributed by atoms with Crippen molar-refractivity contribution >= 4 is 39.0 Å². The lowest BCUT2D eigenvalue weighted by molar-refractivity contribution is -0.116. The minimum atomic E-state index is 0.0374. The van der Waals surface area contributed by atoms with E-state index < -0.39 is 0 Å².